The highest BCUT2D eigenvalue weighted by molar-refractivity contribution is 5.03. The lowest BCUT2D eigenvalue weighted by molar-refractivity contribution is 0.0635. The first-order valence-corrected chi connectivity index (χ1v) is 7.40. The Morgan fingerprint density at radius 3 is 2.53 bits per heavy atom. The summed E-state index contributed by atoms with van der Waals surface area (Å²) in [4.78, 5) is 2.29. The molecule has 0 spiro atoms. The van der Waals surface area contributed by atoms with E-state index in [0.717, 1.165) is 45.5 Å². The minimum atomic E-state index is -0.367. The van der Waals surface area contributed by atoms with Gasteiger partial charge in [0.2, 0.25) is 0 Å². The Balaban J connectivity index is 3.65. The average molecular weight is 269 g/mol. The van der Waals surface area contributed by atoms with Gasteiger partial charge >= 0.3 is 0 Å². The molecule has 0 radical (unpaired) electrons. The summed E-state index contributed by atoms with van der Waals surface area (Å²) in [6.07, 6.45) is 3.42. The number of ether oxygens (including phenoxy) is 1. The van der Waals surface area contributed by atoms with E-state index in [1.54, 1.807) is 0 Å². The van der Waals surface area contributed by atoms with Crippen molar-refractivity contribution in [3.05, 3.63) is 0 Å². The van der Waals surface area contributed by atoms with Crippen LogP contribution in [0, 0.1) is 11.3 Å². The fraction of sp³-hybridized carbons (Fsp3) is 0.933. The molecule has 0 fully saturated rings. The number of likely N-dealkylation sites (N-methyl/N-ethyl adjacent to an activating group) is 1. The van der Waals surface area contributed by atoms with Crippen LogP contribution in [-0.2, 0) is 4.74 Å². The van der Waals surface area contributed by atoms with Crippen molar-refractivity contribution in [3.63, 3.8) is 0 Å². The third kappa shape index (κ3) is 9.89. The number of hydrogen-bond donors (Lipinski definition) is 1. The smallest absolute Gasteiger partial charge is 0.103 e. The summed E-state index contributed by atoms with van der Waals surface area (Å²) in [5.74, 6) is 0. The molecule has 0 rings (SSSR count). The number of unbranched alkanes of at least 4 members (excludes halogenated alkanes) is 1. The van der Waals surface area contributed by atoms with E-state index in [9.17, 15) is 0 Å². The van der Waals surface area contributed by atoms with Crippen LogP contribution in [0.15, 0.2) is 0 Å². The van der Waals surface area contributed by atoms with Gasteiger partial charge in [-0.2, -0.15) is 5.26 Å². The van der Waals surface area contributed by atoms with Crippen LogP contribution < -0.4 is 5.32 Å². The fourth-order valence-electron chi connectivity index (χ4n) is 1.99. The normalized spacial score (nSPS) is 14.6. The minimum absolute atomic E-state index is 0.310. The Bertz CT molecular complexity index is 263. The molecule has 0 aliphatic carbocycles. The van der Waals surface area contributed by atoms with Gasteiger partial charge < -0.3 is 9.64 Å². The molecule has 0 saturated carbocycles. The van der Waals surface area contributed by atoms with Crippen molar-refractivity contribution in [2.45, 2.75) is 58.6 Å². The molecule has 1 N–H and O–H groups in total. The Labute approximate surface area is 119 Å². The maximum absolute atomic E-state index is 9.15. The third-order valence-corrected chi connectivity index (χ3v) is 3.20. The second kappa shape index (κ2) is 10.2. The van der Waals surface area contributed by atoms with E-state index in [2.05, 4.69) is 37.2 Å². The van der Waals surface area contributed by atoms with Crippen molar-refractivity contribution in [1.82, 2.24) is 10.2 Å². The Hall–Kier alpha value is -0.630. The van der Waals surface area contributed by atoms with Crippen LogP contribution in [0.1, 0.15) is 47.0 Å². The van der Waals surface area contributed by atoms with Gasteiger partial charge in [-0.05, 0) is 60.2 Å². The zero-order chi connectivity index (χ0) is 14.7. The van der Waals surface area contributed by atoms with E-state index in [4.69, 9.17) is 10.00 Å². The van der Waals surface area contributed by atoms with Crippen molar-refractivity contribution in [1.29, 1.82) is 5.26 Å². The van der Waals surface area contributed by atoms with Crippen LogP contribution in [-0.4, -0.2) is 49.8 Å². The third-order valence-electron chi connectivity index (χ3n) is 3.20. The van der Waals surface area contributed by atoms with E-state index < -0.39 is 0 Å². The molecule has 4 heteroatoms. The van der Waals surface area contributed by atoms with Crippen LogP contribution in [0.25, 0.3) is 0 Å². The van der Waals surface area contributed by atoms with Crippen molar-refractivity contribution >= 4 is 0 Å². The summed E-state index contributed by atoms with van der Waals surface area (Å²) in [6, 6.07) is 2.37. The molecule has 0 bridgehead atoms. The molecule has 0 aliphatic heterocycles. The number of nitrogens with one attached hydrogen (secondary N) is 1. The Morgan fingerprint density at radius 2 is 2.00 bits per heavy atom. The molecule has 4 nitrogen and oxygen atoms in total. The lowest BCUT2D eigenvalue weighted by Crippen LogP contribution is -2.40. The topological polar surface area (TPSA) is 48.3 Å². The van der Waals surface area contributed by atoms with Gasteiger partial charge in [-0.15, -0.1) is 0 Å². The van der Waals surface area contributed by atoms with Gasteiger partial charge in [0, 0.05) is 6.54 Å². The maximum atomic E-state index is 9.15. The van der Waals surface area contributed by atoms with Gasteiger partial charge in [0.05, 0.1) is 18.8 Å². The summed E-state index contributed by atoms with van der Waals surface area (Å²) < 4.78 is 5.53. The summed E-state index contributed by atoms with van der Waals surface area (Å²) in [5, 5.41) is 12.4. The average Bonchev–Trinajstić information content (AvgIpc) is 2.34. The van der Waals surface area contributed by atoms with Crippen molar-refractivity contribution in [3.8, 4) is 6.07 Å². The second-order valence-corrected chi connectivity index (χ2v) is 5.65. The molecule has 0 aromatic heterocycles. The molecular formula is C15H31N3O. The highest BCUT2D eigenvalue weighted by Gasteiger charge is 2.21. The summed E-state index contributed by atoms with van der Waals surface area (Å²) >= 11 is 0. The molecule has 1 unspecified atom stereocenters. The summed E-state index contributed by atoms with van der Waals surface area (Å²) in [5.41, 5.74) is -0.367. The molecular weight excluding hydrogens is 238 g/mol. The van der Waals surface area contributed by atoms with E-state index in [0.29, 0.717) is 6.10 Å². The van der Waals surface area contributed by atoms with Crippen molar-refractivity contribution < 1.29 is 4.74 Å². The van der Waals surface area contributed by atoms with E-state index >= 15 is 0 Å². The van der Waals surface area contributed by atoms with Crippen LogP contribution in [0.5, 0.6) is 0 Å². The van der Waals surface area contributed by atoms with Crippen LogP contribution in [0.4, 0.5) is 0 Å². The molecule has 19 heavy (non-hydrogen) atoms. The summed E-state index contributed by atoms with van der Waals surface area (Å²) in [6.45, 7) is 11.8. The molecule has 0 aliphatic rings. The molecule has 1 atom stereocenters. The Morgan fingerprint density at radius 1 is 1.32 bits per heavy atom. The molecule has 0 aromatic rings. The first kappa shape index (κ1) is 18.4. The molecule has 0 amide bonds. The van der Waals surface area contributed by atoms with E-state index in [1.807, 2.05) is 13.8 Å². The lowest BCUT2D eigenvalue weighted by atomic mass is 9.96. The first-order chi connectivity index (χ1) is 8.93. The van der Waals surface area contributed by atoms with E-state index in [-0.39, 0.29) is 5.54 Å². The lowest BCUT2D eigenvalue weighted by Gasteiger charge is -2.23. The highest BCUT2D eigenvalue weighted by Crippen LogP contribution is 2.12. The summed E-state index contributed by atoms with van der Waals surface area (Å²) in [7, 11) is 2.12. The van der Waals surface area contributed by atoms with Crippen molar-refractivity contribution in [2.24, 2.45) is 0 Å². The second-order valence-electron chi connectivity index (χ2n) is 5.65. The van der Waals surface area contributed by atoms with E-state index in [1.165, 1.54) is 0 Å². The highest BCUT2D eigenvalue weighted by atomic mass is 16.5. The SMILES string of the molecule is CCNC(C)(C#N)CCCCN(C)CCOC(C)C. The van der Waals surface area contributed by atoms with Gasteiger partial charge in [0.25, 0.3) is 0 Å². The van der Waals surface area contributed by atoms with Gasteiger partial charge in [-0.1, -0.05) is 6.92 Å². The Kier molecular flexibility index (Phi) is 9.85. The van der Waals surface area contributed by atoms with Crippen LogP contribution >= 0.6 is 0 Å². The number of rotatable bonds is 11. The zero-order valence-electron chi connectivity index (χ0n) is 13.3. The zero-order valence-corrected chi connectivity index (χ0v) is 13.3. The predicted molar refractivity (Wildman–Crippen MR) is 80.1 cm³/mol. The fourth-order valence-corrected chi connectivity index (χ4v) is 1.99. The number of hydrogen-bond acceptors (Lipinski definition) is 4. The largest absolute Gasteiger partial charge is 0.377 e. The predicted octanol–water partition coefficient (Wildman–Crippen LogP) is 2.41. The monoisotopic (exact) mass is 269 g/mol. The molecule has 112 valence electrons. The number of nitrogens with zero attached hydrogens (tertiary/aromatic N) is 2. The maximum Gasteiger partial charge on any atom is 0.103 e. The van der Waals surface area contributed by atoms with Gasteiger partial charge in [0.1, 0.15) is 5.54 Å². The van der Waals surface area contributed by atoms with Gasteiger partial charge in [0.15, 0.2) is 0 Å². The van der Waals surface area contributed by atoms with Crippen LogP contribution in [0.2, 0.25) is 0 Å². The van der Waals surface area contributed by atoms with Crippen LogP contribution in [0.3, 0.4) is 0 Å². The van der Waals surface area contributed by atoms with Gasteiger partial charge in [-0.25, -0.2) is 0 Å². The standard InChI is InChI=1S/C15H31N3O/c1-6-17-15(4,13-16)9-7-8-10-18(5)11-12-19-14(2)3/h14,17H,6-12H2,1-5H3. The van der Waals surface area contributed by atoms with Gasteiger partial charge in [-0.3, -0.25) is 5.32 Å². The minimum Gasteiger partial charge on any atom is -0.377 e. The molecule has 0 aromatic carbocycles. The molecule has 0 saturated heterocycles. The van der Waals surface area contributed by atoms with Crippen molar-refractivity contribution in [2.75, 3.05) is 33.3 Å². The molecule has 0 heterocycles. The first-order valence-electron chi connectivity index (χ1n) is 7.40. The number of nitriles is 1. The quantitative estimate of drug-likeness (QED) is 0.585.